The highest BCUT2D eigenvalue weighted by atomic mass is 16.6. The summed E-state index contributed by atoms with van der Waals surface area (Å²) in [5.41, 5.74) is 2.03. The summed E-state index contributed by atoms with van der Waals surface area (Å²) in [7, 11) is 0. The summed E-state index contributed by atoms with van der Waals surface area (Å²) in [6.45, 7) is 2.63. The molecule has 0 aliphatic heterocycles. The molecular formula is C14H12N4O2. The van der Waals surface area contributed by atoms with E-state index in [0.717, 1.165) is 5.56 Å². The Morgan fingerprint density at radius 2 is 2.00 bits per heavy atom. The summed E-state index contributed by atoms with van der Waals surface area (Å²) in [6.07, 6.45) is 2.94. The highest BCUT2D eigenvalue weighted by molar-refractivity contribution is 5.97. The smallest absolute Gasteiger partial charge is 0.258 e. The second kappa shape index (κ2) is 4.73. The number of aromatic nitrogens is 3. The van der Waals surface area contributed by atoms with E-state index in [1.165, 1.54) is 6.20 Å². The molecule has 1 aromatic carbocycles. The molecule has 0 bridgehead atoms. The van der Waals surface area contributed by atoms with Crippen molar-refractivity contribution in [3.8, 4) is 11.1 Å². The molecule has 2 heterocycles. The van der Waals surface area contributed by atoms with E-state index in [0.29, 0.717) is 23.1 Å². The number of fused-ring (bicyclic) bond motifs is 1. The number of benzene rings is 1. The Morgan fingerprint density at radius 1 is 1.25 bits per heavy atom. The number of hydrogen-bond acceptors (Lipinski definition) is 4. The highest BCUT2D eigenvalue weighted by Gasteiger charge is 2.21. The van der Waals surface area contributed by atoms with Crippen molar-refractivity contribution in [2.75, 3.05) is 0 Å². The van der Waals surface area contributed by atoms with Gasteiger partial charge < -0.3 is 0 Å². The fraction of sp³-hybridized carbons (Fsp3) is 0.143. The monoisotopic (exact) mass is 268 g/mol. The van der Waals surface area contributed by atoms with Crippen LogP contribution in [0.25, 0.3) is 22.2 Å². The molecule has 3 aromatic rings. The summed E-state index contributed by atoms with van der Waals surface area (Å²) in [6, 6.07) is 9.30. The standard InChI is InChI=1S/C14H12N4O2/c1-2-17-14-11(8-16-17)13(10-6-4-3-5-7-10)12(9-15-14)18(19)20/h3-9H,2H2,1H3. The van der Waals surface area contributed by atoms with Gasteiger partial charge in [0.1, 0.15) is 6.20 Å². The molecule has 0 spiro atoms. The van der Waals surface area contributed by atoms with E-state index < -0.39 is 4.92 Å². The molecule has 6 nitrogen and oxygen atoms in total. The zero-order chi connectivity index (χ0) is 14.1. The maximum absolute atomic E-state index is 11.3. The predicted molar refractivity (Wildman–Crippen MR) is 75.3 cm³/mol. The van der Waals surface area contributed by atoms with E-state index in [2.05, 4.69) is 10.1 Å². The second-order valence-electron chi connectivity index (χ2n) is 4.34. The molecule has 0 radical (unpaired) electrons. The number of pyridine rings is 1. The molecule has 2 aromatic heterocycles. The largest absolute Gasteiger partial charge is 0.296 e. The molecule has 0 saturated carbocycles. The van der Waals surface area contributed by atoms with Gasteiger partial charge in [-0.15, -0.1) is 0 Å². The minimum atomic E-state index is -0.405. The molecular weight excluding hydrogens is 256 g/mol. The lowest BCUT2D eigenvalue weighted by Crippen LogP contribution is -1.99. The Morgan fingerprint density at radius 3 is 2.65 bits per heavy atom. The van der Waals surface area contributed by atoms with Crippen molar-refractivity contribution >= 4 is 16.7 Å². The summed E-state index contributed by atoms with van der Waals surface area (Å²) < 4.78 is 1.73. The number of nitrogens with zero attached hydrogens (tertiary/aromatic N) is 4. The Balaban J connectivity index is 2.39. The molecule has 0 amide bonds. The van der Waals surface area contributed by atoms with Crippen molar-refractivity contribution in [1.29, 1.82) is 0 Å². The van der Waals surface area contributed by atoms with Crippen molar-refractivity contribution in [3.63, 3.8) is 0 Å². The molecule has 0 unspecified atom stereocenters. The Hall–Kier alpha value is -2.76. The molecule has 100 valence electrons. The van der Waals surface area contributed by atoms with Crippen molar-refractivity contribution in [3.05, 3.63) is 52.8 Å². The van der Waals surface area contributed by atoms with Crippen LogP contribution >= 0.6 is 0 Å². The molecule has 6 heteroatoms. The minimum Gasteiger partial charge on any atom is -0.258 e. The average Bonchev–Trinajstić information content (AvgIpc) is 2.90. The van der Waals surface area contributed by atoms with Gasteiger partial charge in [0.25, 0.3) is 5.69 Å². The van der Waals surface area contributed by atoms with E-state index in [-0.39, 0.29) is 5.69 Å². The predicted octanol–water partition coefficient (Wildman–Crippen LogP) is 3.03. The van der Waals surface area contributed by atoms with E-state index >= 15 is 0 Å². The van der Waals surface area contributed by atoms with E-state index in [1.54, 1.807) is 10.9 Å². The first-order valence-electron chi connectivity index (χ1n) is 6.26. The first-order chi connectivity index (χ1) is 9.72. The molecule has 20 heavy (non-hydrogen) atoms. The second-order valence-corrected chi connectivity index (χ2v) is 4.34. The summed E-state index contributed by atoms with van der Waals surface area (Å²) in [5.74, 6) is 0. The van der Waals surface area contributed by atoms with E-state index in [9.17, 15) is 10.1 Å². The number of rotatable bonds is 3. The lowest BCUT2D eigenvalue weighted by molar-refractivity contribution is -0.384. The van der Waals surface area contributed by atoms with Crippen LogP contribution in [-0.2, 0) is 6.54 Å². The molecule has 0 aliphatic carbocycles. The SMILES string of the molecule is CCn1ncc2c(-c3ccccc3)c([N+](=O)[O-])cnc21. The van der Waals surface area contributed by atoms with Gasteiger partial charge in [-0.1, -0.05) is 30.3 Å². The Bertz CT molecular complexity index is 780. The minimum absolute atomic E-state index is 0.000599. The first kappa shape index (κ1) is 12.3. The molecule has 0 saturated heterocycles. The van der Waals surface area contributed by atoms with Gasteiger partial charge in [0.2, 0.25) is 0 Å². The quantitative estimate of drug-likeness (QED) is 0.540. The Kier molecular flexibility index (Phi) is 2.90. The van der Waals surface area contributed by atoms with Crippen LogP contribution < -0.4 is 0 Å². The van der Waals surface area contributed by atoms with Gasteiger partial charge in [-0.3, -0.25) is 10.1 Å². The van der Waals surface area contributed by atoms with Gasteiger partial charge in [0.05, 0.1) is 22.1 Å². The molecule has 0 atom stereocenters. The van der Waals surface area contributed by atoms with Crippen LogP contribution in [0.4, 0.5) is 5.69 Å². The summed E-state index contributed by atoms with van der Waals surface area (Å²) >= 11 is 0. The van der Waals surface area contributed by atoms with Crippen molar-refractivity contribution in [1.82, 2.24) is 14.8 Å². The van der Waals surface area contributed by atoms with Gasteiger partial charge in [-0.05, 0) is 12.5 Å². The van der Waals surface area contributed by atoms with Crippen LogP contribution in [0.5, 0.6) is 0 Å². The number of nitro groups is 1. The number of hydrogen-bond donors (Lipinski definition) is 0. The van der Waals surface area contributed by atoms with Crippen LogP contribution in [-0.4, -0.2) is 19.7 Å². The maximum Gasteiger partial charge on any atom is 0.296 e. The molecule has 3 rings (SSSR count). The zero-order valence-electron chi connectivity index (χ0n) is 10.9. The fourth-order valence-electron chi connectivity index (χ4n) is 2.29. The maximum atomic E-state index is 11.3. The van der Waals surface area contributed by atoms with Crippen molar-refractivity contribution < 1.29 is 4.92 Å². The zero-order valence-corrected chi connectivity index (χ0v) is 10.9. The van der Waals surface area contributed by atoms with Gasteiger partial charge >= 0.3 is 0 Å². The van der Waals surface area contributed by atoms with Gasteiger partial charge in [0.15, 0.2) is 5.65 Å². The van der Waals surface area contributed by atoms with Crippen LogP contribution in [0.1, 0.15) is 6.92 Å². The third kappa shape index (κ3) is 1.82. The summed E-state index contributed by atoms with van der Waals surface area (Å²) in [4.78, 5) is 15.0. The highest BCUT2D eigenvalue weighted by Crippen LogP contribution is 2.35. The van der Waals surface area contributed by atoms with Gasteiger partial charge in [0, 0.05) is 6.54 Å². The lowest BCUT2D eigenvalue weighted by atomic mass is 10.0. The van der Waals surface area contributed by atoms with Crippen LogP contribution in [0.3, 0.4) is 0 Å². The van der Waals surface area contributed by atoms with Crippen LogP contribution in [0.2, 0.25) is 0 Å². The Labute approximate surface area is 114 Å². The van der Waals surface area contributed by atoms with Crippen LogP contribution in [0, 0.1) is 10.1 Å². The molecule has 0 aliphatic rings. The van der Waals surface area contributed by atoms with E-state index in [1.807, 2.05) is 37.3 Å². The molecule has 0 N–H and O–H groups in total. The summed E-state index contributed by atoms with van der Waals surface area (Å²) in [5, 5.41) is 16.2. The van der Waals surface area contributed by atoms with Gasteiger partial charge in [-0.2, -0.15) is 5.10 Å². The normalized spacial score (nSPS) is 10.8. The van der Waals surface area contributed by atoms with Gasteiger partial charge in [-0.25, -0.2) is 9.67 Å². The molecule has 0 fully saturated rings. The lowest BCUT2D eigenvalue weighted by Gasteiger charge is -2.05. The first-order valence-corrected chi connectivity index (χ1v) is 6.26. The topological polar surface area (TPSA) is 73.8 Å². The van der Waals surface area contributed by atoms with Crippen molar-refractivity contribution in [2.45, 2.75) is 13.5 Å². The third-order valence-electron chi connectivity index (χ3n) is 3.20. The van der Waals surface area contributed by atoms with Crippen LogP contribution in [0.15, 0.2) is 42.7 Å². The van der Waals surface area contributed by atoms with Crippen molar-refractivity contribution in [2.24, 2.45) is 0 Å². The van der Waals surface area contributed by atoms with E-state index in [4.69, 9.17) is 0 Å². The fourth-order valence-corrected chi connectivity index (χ4v) is 2.29. The number of aryl methyl sites for hydroxylation is 1. The third-order valence-corrected chi connectivity index (χ3v) is 3.20. The average molecular weight is 268 g/mol.